The van der Waals surface area contributed by atoms with Crippen molar-refractivity contribution in [1.82, 2.24) is 5.32 Å². The van der Waals surface area contributed by atoms with Gasteiger partial charge in [0.15, 0.2) is 0 Å². The molecule has 0 bridgehead atoms. The van der Waals surface area contributed by atoms with Gasteiger partial charge in [0.1, 0.15) is 6.61 Å². The monoisotopic (exact) mass is 223 g/mol. The Morgan fingerprint density at radius 2 is 2.13 bits per heavy atom. The molecule has 0 aromatic carbocycles. The molecule has 5 heteroatoms. The molecule has 0 saturated carbocycles. The van der Waals surface area contributed by atoms with E-state index < -0.39 is 12.8 Å². The third-order valence-electron chi connectivity index (χ3n) is 1.73. The minimum Gasteiger partial charge on any atom is -0.372 e. The average molecular weight is 223 g/mol. The van der Waals surface area contributed by atoms with Crippen molar-refractivity contribution in [3.63, 3.8) is 0 Å². The van der Waals surface area contributed by atoms with Gasteiger partial charge in [-0.15, -0.1) is 12.3 Å². The van der Waals surface area contributed by atoms with Gasteiger partial charge in [0.25, 0.3) is 0 Å². The predicted molar refractivity (Wildman–Crippen MR) is 52.4 cm³/mol. The summed E-state index contributed by atoms with van der Waals surface area (Å²) in [5.74, 6) is 2.47. The lowest BCUT2D eigenvalue weighted by Crippen LogP contribution is -2.30. The molecule has 0 spiro atoms. The topological polar surface area (TPSA) is 21.3 Å². The van der Waals surface area contributed by atoms with Crippen LogP contribution < -0.4 is 5.32 Å². The Bertz CT molecular complexity index is 198. The maximum Gasteiger partial charge on any atom is 0.411 e. The molecule has 0 fully saturated rings. The molecule has 0 saturated heterocycles. The molecular weight excluding hydrogens is 207 g/mol. The van der Waals surface area contributed by atoms with Crippen molar-refractivity contribution in [1.29, 1.82) is 0 Å². The maximum absolute atomic E-state index is 11.7. The Hall–Kier alpha value is -0.730. The van der Waals surface area contributed by atoms with Crippen LogP contribution in [0.2, 0.25) is 0 Å². The minimum atomic E-state index is -4.25. The molecule has 88 valence electrons. The summed E-state index contributed by atoms with van der Waals surface area (Å²) < 4.78 is 39.6. The number of terminal acetylenes is 1. The van der Waals surface area contributed by atoms with Gasteiger partial charge in [0.05, 0.1) is 0 Å². The van der Waals surface area contributed by atoms with E-state index in [0.717, 1.165) is 6.54 Å². The SMILES string of the molecule is C#CCC(CCOCC(F)(F)F)NCC. The first kappa shape index (κ1) is 14.3. The first-order chi connectivity index (χ1) is 6.99. The number of ether oxygens (including phenoxy) is 1. The van der Waals surface area contributed by atoms with Gasteiger partial charge in [-0.3, -0.25) is 0 Å². The van der Waals surface area contributed by atoms with Crippen LogP contribution in [0.4, 0.5) is 13.2 Å². The second-order valence-electron chi connectivity index (χ2n) is 3.12. The van der Waals surface area contributed by atoms with Crippen LogP contribution in [-0.2, 0) is 4.74 Å². The van der Waals surface area contributed by atoms with E-state index in [2.05, 4.69) is 16.0 Å². The summed E-state index contributed by atoms with van der Waals surface area (Å²) >= 11 is 0. The molecule has 2 nitrogen and oxygen atoms in total. The molecule has 0 amide bonds. The number of rotatable bonds is 7. The summed E-state index contributed by atoms with van der Waals surface area (Å²) in [6.07, 6.45) is 1.87. The highest BCUT2D eigenvalue weighted by Gasteiger charge is 2.27. The average Bonchev–Trinajstić information content (AvgIpc) is 2.11. The lowest BCUT2D eigenvalue weighted by Gasteiger charge is -2.15. The first-order valence-corrected chi connectivity index (χ1v) is 4.81. The molecule has 0 rings (SSSR count). The van der Waals surface area contributed by atoms with Crippen LogP contribution >= 0.6 is 0 Å². The van der Waals surface area contributed by atoms with E-state index >= 15 is 0 Å². The second-order valence-corrected chi connectivity index (χ2v) is 3.12. The smallest absolute Gasteiger partial charge is 0.372 e. The van der Waals surface area contributed by atoms with E-state index in [1.165, 1.54) is 0 Å². The van der Waals surface area contributed by atoms with E-state index in [0.29, 0.717) is 12.8 Å². The highest BCUT2D eigenvalue weighted by molar-refractivity contribution is 4.89. The van der Waals surface area contributed by atoms with Gasteiger partial charge in [-0.25, -0.2) is 0 Å². The van der Waals surface area contributed by atoms with Crippen LogP contribution in [0.5, 0.6) is 0 Å². The van der Waals surface area contributed by atoms with Gasteiger partial charge in [-0.05, 0) is 13.0 Å². The summed E-state index contributed by atoms with van der Waals surface area (Å²) in [6, 6.07) is 0.0354. The van der Waals surface area contributed by atoms with Crippen molar-refractivity contribution >= 4 is 0 Å². The number of hydrogen-bond donors (Lipinski definition) is 1. The Kier molecular flexibility index (Phi) is 7.18. The summed E-state index contributed by atoms with van der Waals surface area (Å²) in [6.45, 7) is 1.53. The van der Waals surface area contributed by atoms with Crippen LogP contribution in [0.25, 0.3) is 0 Å². The largest absolute Gasteiger partial charge is 0.411 e. The van der Waals surface area contributed by atoms with Crippen LogP contribution in [-0.4, -0.2) is 32.0 Å². The van der Waals surface area contributed by atoms with Gasteiger partial charge in [-0.2, -0.15) is 13.2 Å². The molecule has 0 aliphatic heterocycles. The Balaban J connectivity index is 3.58. The molecule has 1 atom stereocenters. The van der Waals surface area contributed by atoms with Gasteiger partial charge in [0, 0.05) is 19.1 Å². The quantitative estimate of drug-likeness (QED) is 0.526. The Morgan fingerprint density at radius 1 is 1.47 bits per heavy atom. The third-order valence-corrected chi connectivity index (χ3v) is 1.73. The Morgan fingerprint density at radius 3 is 2.60 bits per heavy atom. The third kappa shape index (κ3) is 9.57. The molecule has 0 aromatic heterocycles. The van der Waals surface area contributed by atoms with E-state index in [4.69, 9.17) is 6.42 Å². The molecule has 0 aliphatic rings. The summed E-state index contributed by atoms with van der Waals surface area (Å²) in [4.78, 5) is 0. The fourth-order valence-corrected chi connectivity index (χ4v) is 1.12. The molecule has 1 unspecified atom stereocenters. The molecule has 0 aromatic rings. The van der Waals surface area contributed by atoms with Crippen LogP contribution in [0.3, 0.4) is 0 Å². The number of hydrogen-bond acceptors (Lipinski definition) is 2. The molecular formula is C10H16F3NO. The fourth-order valence-electron chi connectivity index (χ4n) is 1.12. The van der Waals surface area contributed by atoms with Crippen molar-refractivity contribution in [3.05, 3.63) is 0 Å². The lowest BCUT2D eigenvalue weighted by molar-refractivity contribution is -0.174. The van der Waals surface area contributed by atoms with Crippen LogP contribution in [0, 0.1) is 12.3 Å². The Labute approximate surface area is 88.2 Å². The first-order valence-electron chi connectivity index (χ1n) is 4.81. The van der Waals surface area contributed by atoms with Crippen molar-refractivity contribution in [2.75, 3.05) is 19.8 Å². The van der Waals surface area contributed by atoms with Crippen molar-refractivity contribution in [2.24, 2.45) is 0 Å². The summed E-state index contributed by atoms with van der Waals surface area (Å²) in [5.41, 5.74) is 0. The van der Waals surface area contributed by atoms with E-state index in [9.17, 15) is 13.2 Å². The van der Waals surface area contributed by atoms with Gasteiger partial charge in [-0.1, -0.05) is 6.92 Å². The van der Waals surface area contributed by atoms with Crippen molar-refractivity contribution in [2.45, 2.75) is 32.0 Å². The standard InChI is InChI=1S/C10H16F3NO/c1-3-5-9(14-4-2)6-7-15-8-10(11,12)13/h1,9,14H,4-8H2,2H3. The molecule has 1 N–H and O–H groups in total. The normalized spacial score (nSPS) is 13.5. The van der Waals surface area contributed by atoms with E-state index in [-0.39, 0.29) is 12.6 Å². The van der Waals surface area contributed by atoms with Crippen LogP contribution in [0.1, 0.15) is 19.8 Å². The zero-order valence-electron chi connectivity index (χ0n) is 8.73. The molecule has 0 heterocycles. The second kappa shape index (κ2) is 7.55. The molecule has 0 radical (unpaired) electrons. The van der Waals surface area contributed by atoms with E-state index in [1.54, 1.807) is 0 Å². The fraction of sp³-hybridized carbons (Fsp3) is 0.800. The van der Waals surface area contributed by atoms with Crippen molar-refractivity contribution in [3.8, 4) is 12.3 Å². The predicted octanol–water partition coefficient (Wildman–Crippen LogP) is 1.96. The summed E-state index contributed by atoms with van der Waals surface area (Å²) in [5, 5.41) is 3.08. The lowest BCUT2D eigenvalue weighted by atomic mass is 10.1. The number of alkyl halides is 3. The highest BCUT2D eigenvalue weighted by Crippen LogP contribution is 2.14. The maximum atomic E-state index is 11.7. The van der Waals surface area contributed by atoms with Gasteiger partial charge in [0.2, 0.25) is 0 Å². The van der Waals surface area contributed by atoms with Crippen molar-refractivity contribution < 1.29 is 17.9 Å². The zero-order valence-corrected chi connectivity index (χ0v) is 8.73. The number of nitrogens with one attached hydrogen (secondary N) is 1. The summed E-state index contributed by atoms with van der Waals surface area (Å²) in [7, 11) is 0. The molecule has 0 aliphatic carbocycles. The number of halogens is 3. The van der Waals surface area contributed by atoms with Crippen LogP contribution in [0.15, 0.2) is 0 Å². The minimum absolute atomic E-state index is 0.0354. The molecule has 15 heavy (non-hydrogen) atoms. The zero-order chi connectivity index (χ0) is 11.7. The van der Waals surface area contributed by atoms with E-state index in [1.807, 2.05) is 6.92 Å². The highest BCUT2D eigenvalue weighted by atomic mass is 19.4. The van der Waals surface area contributed by atoms with Gasteiger partial charge < -0.3 is 10.1 Å². The van der Waals surface area contributed by atoms with Gasteiger partial charge >= 0.3 is 6.18 Å².